The number of fused-ring (bicyclic) bond motifs is 1. The van der Waals surface area contributed by atoms with E-state index in [1.807, 2.05) is 48.5 Å². The molecule has 3 aromatic carbocycles. The molecule has 0 saturated carbocycles. The highest BCUT2D eigenvalue weighted by atomic mass is 35.5. The van der Waals surface area contributed by atoms with Crippen molar-refractivity contribution in [2.24, 2.45) is 0 Å². The molecule has 1 aliphatic heterocycles. The van der Waals surface area contributed by atoms with Gasteiger partial charge in [-0.2, -0.15) is 0 Å². The van der Waals surface area contributed by atoms with Crippen molar-refractivity contribution in [1.82, 2.24) is 5.32 Å². The molecule has 0 unspecified atom stereocenters. The van der Waals surface area contributed by atoms with Gasteiger partial charge in [-0.1, -0.05) is 54.1 Å². The highest BCUT2D eigenvalue weighted by Crippen LogP contribution is 2.32. The van der Waals surface area contributed by atoms with Crippen LogP contribution in [-0.2, 0) is 13.0 Å². The highest BCUT2D eigenvalue weighted by Gasteiger charge is 2.28. The number of halogens is 1. The Hall–Kier alpha value is -3.11. The molecule has 4 rings (SSSR count). The van der Waals surface area contributed by atoms with Crippen molar-refractivity contribution < 1.29 is 9.59 Å². The lowest BCUT2D eigenvalue weighted by molar-refractivity contribution is 0.0948. The number of hydrogen-bond donors (Lipinski definition) is 1. The Labute approximate surface area is 168 Å². The third-order valence-corrected chi connectivity index (χ3v) is 5.30. The molecule has 0 aliphatic carbocycles. The van der Waals surface area contributed by atoms with Crippen molar-refractivity contribution in [2.45, 2.75) is 13.0 Å². The van der Waals surface area contributed by atoms with Crippen LogP contribution in [0.1, 0.15) is 31.8 Å². The predicted octanol–water partition coefficient (Wildman–Crippen LogP) is 4.47. The van der Waals surface area contributed by atoms with Gasteiger partial charge in [0.25, 0.3) is 11.8 Å². The molecule has 3 aromatic rings. The van der Waals surface area contributed by atoms with Gasteiger partial charge in [0.05, 0.1) is 0 Å². The van der Waals surface area contributed by atoms with Crippen LogP contribution in [-0.4, -0.2) is 18.4 Å². The molecule has 1 aliphatic rings. The van der Waals surface area contributed by atoms with Gasteiger partial charge in [-0.05, 0) is 47.9 Å². The van der Waals surface area contributed by atoms with Gasteiger partial charge in [-0.15, -0.1) is 0 Å². The molecule has 1 heterocycles. The summed E-state index contributed by atoms with van der Waals surface area (Å²) in [5.74, 6) is -0.209. The molecule has 2 amide bonds. The number of benzene rings is 3. The fraction of sp³-hybridized carbons (Fsp3) is 0.130. The smallest absolute Gasteiger partial charge is 0.258 e. The third-order valence-electron chi connectivity index (χ3n) is 4.94. The van der Waals surface area contributed by atoms with E-state index in [2.05, 4.69) is 5.32 Å². The summed E-state index contributed by atoms with van der Waals surface area (Å²) in [5.41, 5.74) is 3.82. The zero-order chi connectivity index (χ0) is 19.5. The second-order valence-corrected chi connectivity index (χ2v) is 7.06. The number of rotatable bonds is 4. The molecular formula is C23H19ClN2O2. The van der Waals surface area contributed by atoms with Gasteiger partial charge in [0.1, 0.15) is 0 Å². The maximum absolute atomic E-state index is 12.8. The Bertz CT molecular complexity index is 1030. The maximum atomic E-state index is 12.8. The van der Waals surface area contributed by atoms with Crippen molar-refractivity contribution in [3.8, 4) is 0 Å². The molecule has 0 fully saturated rings. The SMILES string of the molecule is O=C(NCc1ccccc1Cl)c1cccc2c1CCN2C(=O)c1ccccc1. The van der Waals surface area contributed by atoms with Gasteiger partial charge in [0.2, 0.25) is 0 Å². The van der Waals surface area contributed by atoms with Crippen LogP contribution in [0.4, 0.5) is 5.69 Å². The van der Waals surface area contributed by atoms with Crippen molar-refractivity contribution >= 4 is 29.1 Å². The first-order valence-electron chi connectivity index (χ1n) is 9.15. The average Bonchev–Trinajstić information content (AvgIpc) is 3.17. The number of nitrogens with one attached hydrogen (secondary N) is 1. The van der Waals surface area contributed by atoms with Crippen molar-refractivity contribution in [2.75, 3.05) is 11.4 Å². The van der Waals surface area contributed by atoms with Gasteiger partial charge < -0.3 is 10.2 Å². The molecule has 0 radical (unpaired) electrons. The van der Waals surface area contributed by atoms with E-state index in [4.69, 9.17) is 11.6 Å². The van der Waals surface area contributed by atoms with Gasteiger partial charge in [-0.25, -0.2) is 0 Å². The summed E-state index contributed by atoms with van der Waals surface area (Å²) in [5, 5.41) is 3.56. The number of amides is 2. The number of carbonyl (C=O) groups excluding carboxylic acids is 2. The van der Waals surface area contributed by atoms with Gasteiger partial charge in [0.15, 0.2) is 0 Å². The monoisotopic (exact) mass is 390 g/mol. The van der Waals surface area contributed by atoms with Crippen LogP contribution in [0.15, 0.2) is 72.8 Å². The first kappa shape index (κ1) is 18.3. The van der Waals surface area contributed by atoms with Crippen LogP contribution >= 0.6 is 11.6 Å². The maximum Gasteiger partial charge on any atom is 0.258 e. The fourth-order valence-electron chi connectivity index (χ4n) is 3.51. The molecule has 0 aromatic heterocycles. The van der Waals surface area contributed by atoms with E-state index in [0.717, 1.165) is 16.8 Å². The molecule has 1 N–H and O–H groups in total. The second-order valence-electron chi connectivity index (χ2n) is 6.65. The number of anilines is 1. The zero-order valence-corrected chi connectivity index (χ0v) is 15.9. The molecule has 0 saturated heterocycles. The zero-order valence-electron chi connectivity index (χ0n) is 15.2. The highest BCUT2D eigenvalue weighted by molar-refractivity contribution is 6.31. The Morgan fingerprint density at radius 1 is 0.929 bits per heavy atom. The van der Waals surface area contributed by atoms with E-state index < -0.39 is 0 Å². The number of carbonyl (C=O) groups is 2. The third kappa shape index (κ3) is 3.51. The summed E-state index contributed by atoms with van der Waals surface area (Å²) < 4.78 is 0. The predicted molar refractivity (Wildman–Crippen MR) is 111 cm³/mol. The summed E-state index contributed by atoms with van der Waals surface area (Å²) in [6.45, 7) is 0.923. The van der Waals surface area contributed by atoms with Crippen LogP contribution < -0.4 is 10.2 Å². The summed E-state index contributed by atoms with van der Waals surface area (Å²) >= 11 is 6.16. The topological polar surface area (TPSA) is 49.4 Å². The summed E-state index contributed by atoms with van der Waals surface area (Å²) in [6, 6.07) is 22.2. The van der Waals surface area contributed by atoms with E-state index in [-0.39, 0.29) is 11.8 Å². The normalized spacial score (nSPS) is 12.5. The van der Waals surface area contributed by atoms with E-state index in [1.54, 1.807) is 29.2 Å². The first-order chi connectivity index (χ1) is 13.6. The van der Waals surface area contributed by atoms with Crippen molar-refractivity contribution in [3.05, 3.63) is 100 Å². The van der Waals surface area contributed by atoms with Crippen molar-refractivity contribution in [3.63, 3.8) is 0 Å². The Kier molecular flexibility index (Phi) is 5.13. The van der Waals surface area contributed by atoms with E-state index in [1.165, 1.54) is 0 Å². The minimum absolute atomic E-state index is 0.0482. The minimum atomic E-state index is -0.161. The molecular weight excluding hydrogens is 372 g/mol. The van der Waals surface area contributed by atoms with Gasteiger partial charge >= 0.3 is 0 Å². The lowest BCUT2D eigenvalue weighted by Crippen LogP contribution is -2.28. The summed E-state index contributed by atoms with van der Waals surface area (Å²) in [4.78, 5) is 27.4. The molecule has 5 heteroatoms. The minimum Gasteiger partial charge on any atom is -0.348 e. The Morgan fingerprint density at radius 2 is 1.68 bits per heavy atom. The standard InChI is InChI=1S/C23H19ClN2O2/c24-20-11-5-4-9-17(20)15-25-22(27)19-10-6-12-21-18(19)13-14-26(21)23(28)16-7-2-1-3-8-16/h1-12H,13-15H2,(H,25,27). The van der Waals surface area contributed by atoms with Gasteiger partial charge in [-0.3, -0.25) is 9.59 Å². The molecule has 4 nitrogen and oxygen atoms in total. The number of hydrogen-bond acceptors (Lipinski definition) is 2. The van der Waals surface area contributed by atoms with E-state index in [9.17, 15) is 9.59 Å². The molecule has 28 heavy (non-hydrogen) atoms. The fourth-order valence-corrected chi connectivity index (χ4v) is 3.71. The molecule has 0 spiro atoms. The van der Waals surface area contributed by atoms with Crippen LogP contribution in [0.3, 0.4) is 0 Å². The quantitative estimate of drug-likeness (QED) is 0.714. The first-order valence-corrected chi connectivity index (χ1v) is 9.53. The van der Waals surface area contributed by atoms with E-state index >= 15 is 0 Å². The second kappa shape index (κ2) is 7.87. The lowest BCUT2D eigenvalue weighted by Gasteiger charge is -2.18. The lowest BCUT2D eigenvalue weighted by atomic mass is 10.0. The largest absolute Gasteiger partial charge is 0.348 e. The molecule has 0 atom stereocenters. The Morgan fingerprint density at radius 3 is 2.46 bits per heavy atom. The average molecular weight is 391 g/mol. The summed E-state index contributed by atoms with van der Waals surface area (Å²) in [6.07, 6.45) is 0.656. The van der Waals surface area contributed by atoms with Crippen LogP contribution in [0.25, 0.3) is 0 Å². The summed E-state index contributed by atoms with van der Waals surface area (Å²) in [7, 11) is 0. The van der Waals surface area contributed by atoms with Crippen molar-refractivity contribution in [1.29, 1.82) is 0 Å². The van der Waals surface area contributed by atoms with Crippen LogP contribution in [0, 0.1) is 0 Å². The van der Waals surface area contributed by atoms with E-state index in [0.29, 0.717) is 35.7 Å². The Balaban J connectivity index is 1.55. The number of nitrogens with zero attached hydrogens (tertiary/aromatic N) is 1. The van der Waals surface area contributed by atoms with Gasteiger partial charge in [0, 0.05) is 34.9 Å². The van der Waals surface area contributed by atoms with Crippen LogP contribution in [0.2, 0.25) is 5.02 Å². The van der Waals surface area contributed by atoms with Crippen LogP contribution in [0.5, 0.6) is 0 Å². The molecule has 0 bridgehead atoms. The molecule has 140 valence electrons.